The highest BCUT2D eigenvalue weighted by molar-refractivity contribution is 7.86. The summed E-state index contributed by atoms with van der Waals surface area (Å²) in [5.74, 6) is 0.0411. The van der Waals surface area contributed by atoms with Gasteiger partial charge in [-0.15, -0.1) is 0 Å². The minimum atomic E-state index is -3.78. The van der Waals surface area contributed by atoms with Crippen molar-refractivity contribution in [3.05, 3.63) is 29.8 Å². The van der Waals surface area contributed by atoms with E-state index in [9.17, 15) is 13.2 Å². The van der Waals surface area contributed by atoms with Crippen LogP contribution in [0.3, 0.4) is 0 Å². The molecule has 0 unspecified atom stereocenters. The molecule has 0 radical (unpaired) electrons. The molecule has 3 rings (SSSR count). The van der Waals surface area contributed by atoms with Crippen molar-refractivity contribution in [2.24, 2.45) is 11.8 Å². The van der Waals surface area contributed by atoms with Crippen LogP contribution in [0.1, 0.15) is 31.7 Å². The number of carbonyl (C=O) groups excluding carboxylic acids is 1. The summed E-state index contributed by atoms with van der Waals surface area (Å²) in [6, 6.07) is 6.61. The average Bonchev–Trinajstić information content (AvgIpc) is 2.97. The second kappa shape index (κ2) is 5.66. The minimum absolute atomic E-state index is 0.0193. The van der Waals surface area contributed by atoms with Crippen molar-refractivity contribution >= 4 is 16.1 Å². The molecular formula is C16H20O5S. The van der Waals surface area contributed by atoms with E-state index < -0.39 is 16.2 Å². The van der Waals surface area contributed by atoms with E-state index in [1.165, 1.54) is 6.92 Å². The molecule has 0 spiro atoms. The van der Waals surface area contributed by atoms with Crippen molar-refractivity contribution in [1.82, 2.24) is 0 Å². The second-order valence-corrected chi connectivity index (χ2v) is 7.86. The summed E-state index contributed by atoms with van der Waals surface area (Å²) >= 11 is 0. The van der Waals surface area contributed by atoms with Gasteiger partial charge in [0.05, 0.1) is 11.0 Å². The van der Waals surface area contributed by atoms with E-state index in [4.69, 9.17) is 8.92 Å². The fourth-order valence-electron chi connectivity index (χ4n) is 3.61. The molecule has 1 aromatic carbocycles. The highest BCUT2D eigenvalue weighted by Gasteiger charge is 2.50. The quantitative estimate of drug-likeness (QED) is 0.628. The first-order valence-electron chi connectivity index (χ1n) is 7.52. The molecule has 120 valence electrons. The minimum Gasteiger partial charge on any atom is -0.462 e. The molecule has 2 fully saturated rings. The predicted molar refractivity (Wildman–Crippen MR) is 79.6 cm³/mol. The van der Waals surface area contributed by atoms with Crippen LogP contribution in [0.25, 0.3) is 0 Å². The van der Waals surface area contributed by atoms with E-state index in [0.29, 0.717) is 12.3 Å². The molecule has 2 aliphatic carbocycles. The topological polar surface area (TPSA) is 69.7 Å². The smallest absolute Gasteiger partial charge is 0.302 e. The van der Waals surface area contributed by atoms with E-state index in [1.54, 1.807) is 24.3 Å². The summed E-state index contributed by atoms with van der Waals surface area (Å²) in [5.41, 5.74) is 0.994. The van der Waals surface area contributed by atoms with Crippen LogP contribution in [-0.2, 0) is 23.8 Å². The Labute approximate surface area is 130 Å². The molecule has 6 heteroatoms. The van der Waals surface area contributed by atoms with Crippen molar-refractivity contribution in [3.63, 3.8) is 0 Å². The molecule has 2 saturated carbocycles. The Morgan fingerprint density at radius 3 is 2.32 bits per heavy atom. The second-order valence-electron chi connectivity index (χ2n) is 6.29. The zero-order valence-corrected chi connectivity index (χ0v) is 13.5. The molecule has 2 bridgehead atoms. The van der Waals surface area contributed by atoms with Gasteiger partial charge in [0.15, 0.2) is 0 Å². The van der Waals surface area contributed by atoms with Crippen molar-refractivity contribution in [2.75, 3.05) is 0 Å². The van der Waals surface area contributed by atoms with E-state index >= 15 is 0 Å². The number of aryl methyl sites for hydroxylation is 1. The maximum absolute atomic E-state index is 12.4. The van der Waals surface area contributed by atoms with Gasteiger partial charge in [0, 0.05) is 12.8 Å². The molecule has 0 N–H and O–H groups in total. The Morgan fingerprint density at radius 1 is 1.09 bits per heavy atom. The molecule has 0 aromatic heterocycles. The number of hydrogen-bond acceptors (Lipinski definition) is 5. The first kappa shape index (κ1) is 15.5. The summed E-state index contributed by atoms with van der Waals surface area (Å²) in [4.78, 5) is 11.3. The zero-order chi connectivity index (χ0) is 15.9. The number of carbonyl (C=O) groups is 1. The molecule has 0 saturated heterocycles. The average molecular weight is 324 g/mol. The first-order chi connectivity index (χ1) is 10.3. The largest absolute Gasteiger partial charge is 0.462 e. The fourth-order valence-corrected chi connectivity index (χ4v) is 4.73. The van der Waals surface area contributed by atoms with Crippen LogP contribution in [0.5, 0.6) is 0 Å². The van der Waals surface area contributed by atoms with Crippen molar-refractivity contribution in [3.8, 4) is 0 Å². The lowest BCUT2D eigenvalue weighted by Crippen LogP contribution is -2.35. The Balaban J connectivity index is 1.73. The Morgan fingerprint density at radius 2 is 1.73 bits per heavy atom. The number of hydrogen-bond donors (Lipinski definition) is 0. The van der Waals surface area contributed by atoms with E-state index in [-0.39, 0.29) is 22.9 Å². The van der Waals surface area contributed by atoms with E-state index in [0.717, 1.165) is 18.4 Å². The predicted octanol–water partition coefficient (Wildman–Crippen LogP) is 2.43. The summed E-state index contributed by atoms with van der Waals surface area (Å²) in [6.07, 6.45) is 1.79. The van der Waals surface area contributed by atoms with Crippen molar-refractivity contribution in [1.29, 1.82) is 0 Å². The summed E-state index contributed by atoms with van der Waals surface area (Å²) < 4.78 is 35.5. The van der Waals surface area contributed by atoms with Gasteiger partial charge in [-0.25, -0.2) is 0 Å². The fraction of sp³-hybridized carbons (Fsp3) is 0.562. The van der Waals surface area contributed by atoms with Gasteiger partial charge in [0.2, 0.25) is 0 Å². The number of fused-ring (bicyclic) bond motifs is 2. The van der Waals surface area contributed by atoms with Crippen LogP contribution in [0.2, 0.25) is 0 Å². The summed E-state index contributed by atoms with van der Waals surface area (Å²) in [5, 5.41) is 0. The highest BCUT2D eigenvalue weighted by Crippen LogP contribution is 2.48. The number of rotatable bonds is 4. The molecule has 2 aliphatic rings. The van der Waals surface area contributed by atoms with E-state index in [2.05, 4.69) is 0 Å². The first-order valence-corrected chi connectivity index (χ1v) is 8.93. The highest BCUT2D eigenvalue weighted by atomic mass is 32.2. The van der Waals surface area contributed by atoms with Gasteiger partial charge in [0.25, 0.3) is 10.1 Å². The van der Waals surface area contributed by atoms with Gasteiger partial charge in [-0.3, -0.25) is 8.98 Å². The van der Waals surface area contributed by atoms with Gasteiger partial charge in [-0.2, -0.15) is 8.42 Å². The van der Waals surface area contributed by atoms with Gasteiger partial charge in [-0.05, 0) is 44.2 Å². The molecule has 4 atom stereocenters. The van der Waals surface area contributed by atoms with E-state index in [1.807, 2.05) is 6.92 Å². The third kappa shape index (κ3) is 3.03. The molecule has 0 heterocycles. The van der Waals surface area contributed by atoms with Crippen LogP contribution >= 0.6 is 0 Å². The summed E-state index contributed by atoms with van der Waals surface area (Å²) in [6.45, 7) is 3.28. The lowest BCUT2D eigenvalue weighted by molar-refractivity contribution is -0.150. The molecule has 0 amide bonds. The van der Waals surface area contributed by atoms with Crippen molar-refractivity contribution in [2.45, 2.75) is 50.2 Å². The maximum atomic E-state index is 12.4. The molecular weight excluding hydrogens is 304 g/mol. The molecule has 22 heavy (non-hydrogen) atoms. The Bertz CT molecular complexity index is 664. The molecule has 0 aliphatic heterocycles. The number of esters is 1. The van der Waals surface area contributed by atoms with Crippen molar-refractivity contribution < 1.29 is 22.1 Å². The standard InChI is InChI=1S/C16H20O5S/c1-10-3-5-13(6-4-10)22(18,19)21-16-9-12-7-14(16)15(8-12)20-11(2)17/h3-6,12,14-16H,7-9H2,1-2H3/t12-,14+,15+,16-/m1/s1. The van der Waals surface area contributed by atoms with Crippen LogP contribution in [0.4, 0.5) is 0 Å². The Hall–Kier alpha value is -1.40. The third-order valence-electron chi connectivity index (χ3n) is 4.57. The summed E-state index contributed by atoms with van der Waals surface area (Å²) in [7, 11) is -3.78. The zero-order valence-electron chi connectivity index (χ0n) is 12.7. The van der Waals surface area contributed by atoms with Gasteiger partial charge >= 0.3 is 5.97 Å². The lowest BCUT2D eigenvalue weighted by Gasteiger charge is -2.28. The van der Waals surface area contributed by atoms with Gasteiger partial charge < -0.3 is 4.74 Å². The van der Waals surface area contributed by atoms with Crippen LogP contribution in [0.15, 0.2) is 29.2 Å². The van der Waals surface area contributed by atoms with Crippen LogP contribution in [0, 0.1) is 18.8 Å². The van der Waals surface area contributed by atoms with Crippen LogP contribution in [-0.4, -0.2) is 26.6 Å². The van der Waals surface area contributed by atoms with Crippen LogP contribution < -0.4 is 0 Å². The monoisotopic (exact) mass is 324 g/mol. The lowest BCUT2D eigenvalue weighted by atomic mass is 9.95. The van der Waals surface area contributed by atoms with Gasteiger partial charge in [0.1, 0.15) is 6.10 Å². The molecule has 5 nitrogen and oxygen atoms in total. The van der Waals surface area contributed by atoms with Gasteiger partial charge in [-0.1, -0.05) is 17.7 Å². The normalized spacial score (nSPS) is 30.5. The SMILES string of the molecule is CC(=O)O[C@H]1C[C@H]2C[C@@H]1[C@H](OS(=O)(=O)c1ccc(C)cc1)C2. The maximum Gasteiger partial charge on any atom is 0.302 e. The third-order valence-corrected chi connectivity index (χ3v) is 5.92. The number of benzene rings is 1. The number of ether oxygens (including phenoxy) is 1. The Kier molecular flexibility index (Phi) is 3.99. The molecule has 1 aromatic rings.